The minimum atomic E-state index is -3.74. The molecule has 1 N–H and O–H groups in total. The van der Waals surface area contributed by atoms with Crippen molar-refractivity contribution in [1.29, 1.82) is 0 Å². The number of carboxylic acid groups (broad SMARTS) is 1. The van der Waals surface area contributed by atoms with Gasteiger partial charge in [-0.3, -0.25) is 4.79 Å². The second kappa shape index (κ2) is 6.56. The number of sulfonamides is 1. The molecule has 1 aromatic carbocycles. The van der Waals surface area contributed by atoms with Crippen molar-refractivity contribution in [3.63, 3.8) is 0 Å². The van der Waals surface area contributed by atoms with E-state index in [-0.39, 0.29) is 11.3 Å². The number of rotatable bonds is 4. The first kappa shape index (κ1) is 16.6. The van der Waals surface area contributed by atoms with Crippen LogP contribution >= 0.6 is 23.4 Å². The Morgan fingerprint density at radius 3 is 2.90 bits per heavy atom. The van der Waals surface area contributed by atoms with Crippen molar-refractivity contribution in [3.8, 4) is 0 Å². The molecule has 1 saturated heterocycles. The molecule has 0 radical (unpaired) electrons. The van der Waals surface area contributed by atoms with Gasteiger partial charge in [0.1, 0.15) is 0 Å². The van der Waals surface area contributed by atoms with E-state index in [2.05, 4.69) is 0 Å². The Bertz CT molecular complexity index is 648. The molecule has 8 heteroatoms. The minimum absolute atomic E-state index is 0.150. The predicted octanol–water partition coefficient (Wildman–Crippen LogP) is 2.23. The van der Waals surface area contributed by atoms with Crippen LogP contribution in [0.1, 0.15) is 12.0 Å². The highest BCUT2D eigenvalue weighted by atomic mass is 35.5. The Labute approximate surface area is 133 Å². The van der Waals surface area contributed by atoms with Crippen molar-refractivity contribution < 1.29 is 18.3 Å². The summed E-state index contributed by atoms with van der Waals surface area (Å²) in [5.74, 6) is 0.158. The number of carbonyl (C=O) groups is 1. The Balaban J connectivity index is 2.40. The molecule has 0 spiro atoms. The number of carboxylic acids is 1. The number of nitrogens with zero attached hydrogens (tertiary/aromatic N) is 1. The highest BCUT2D eigenvalue weighted by Gasteiger charge is 2.35. The van der Waals surface area contributed by atoms with Crippen molar-refractivity contribution in [2.45, 2.75) is 24.3 Å². The van der Waals surface area contributed by atoms with Gasteiger partial charge in [0.25, 0.3) is 0 Å². The van der Waals surface area contributed by atoms with Crippen LogP contribution in [-0.4, -0.2) is 47.9 Å². The highest BCUT2D eigenvalue weighted by Crippen LogP contribution is 2.30. The van der Waals surface area contributed by atoms with Gasteiger partial charge in [0.05, 0.1) is 11.3 Å². The number of hydrogen-bond acceptors (Lipinski definition) is 4. The molecule has 0 amide bonds. The normalized spacial score (nSPS) is 20.4. The molecule has 1 aliphatic heterocycles. The average molecular weight is 350 g/mol. The third kappa shape index (κ3) is 3.53. The second-order valence-corrected chi connectivity index (χ2v) is 8.22. The SMILES string of the molecule is Cc1c(Cl)cccc1S(=O)(=O)N1CCSCC1CC(=O)O. The fourth-order valence-electron chi connectivity index (χ4n) is 2.31. The van der Waals surface area contributed by atoms with Gasteiger partial charge >= 0.3 is 5.97 Å². The van der Waals surface area contributed by atoms with E-state index in [1.165, 1.54) is 10.4 Å². The quantitative estimate of drug-likeness (QED) is 0.902. The zero-order valence-corrected chi connectivity index (χ0v) is 13.8. The number of thioether (sulfide) groups is 1. The molecule has 5 nitrogen and oxygen atoms in total. The summed E-state index contributed by atoms with van der Waals surface area (Å²) in [6.45, 7) is 1.97. The average Bonchev–Trinajstić information content (AvgIpc) is 2.41. The van der Waals surface area contributed by atoms with Crippen LogP contribution in [0.4, 0.5) is 0 Å². The summed E-state index contributed by atoms with van der Waals surface area (Å²) in [4.78, 5) is 11.1. The lowest BCUT2D eigenvalue weighted by Crippen LogP contribution is -2.47. The van der Waals surface area contributed by atoms with Gasteiger partial charge in [-0.2, -0.15) is 16.1 Å². The van der Waals surface area contributed by atoms with Gasteiger partial charge in [0.15, 0.2) is 0 Å². The van der Waals surface area contributed by atoms with Crippen molar-refractivity contribution >= 4 is 39.4 Å². The lowest BCUT2D eigenvalue weighted by atomic mass is 10.2. The Morgan fingerprint density at radius 1 is 1.52 bits per heavy atom. The topological polar surface area (TPSA) is 74.7 Å². The Hall–Kier alpha value is -0.760. The highest BCUT2D eigenvalue weighted by molar-refractivity contribution is 7.99. The minimum Gasteiger partial charge on any atom is -0.481 e. The standard InChI is InChI=1S/C13H16ClNO4S2/c1-9-11(14)3-2-4-12(9)21(18,19)15-5-6-20-8-10(15)7-13(16)17/h2-4,10H,5-8H2,1H3,(H,16,17). The van der Waals surface area contributed by atoms with E-state index in [0.29, 0.717) is 28.6 Å². The van der Waals surface area contributed by atoms with Crippen molar-refractivity contribution in [1.82, 2.24) is 4.31 Å². The van der Waals surface area contributed by atoms with E-state index in [9.17, 15) is 13.2 Å². The van der Waals surface area contributed by atoms with E-state index >= 15 is 0 Å². The summed E-state index contributed by atoms with van der Waals surface area (Å²) in [7, 11) is -3.74. The van der Waals surface area contributed by atoms with Crippen molar-refractivity contribution in [3.05, 3.63) is 28.8 Å². The van der Waals surface area contributed by atoms with E-state index in [1.807, 2.05) is 0 Å². The Kier molecular flexibility index (Phi) is 5.19. The van der Waals surface area contributed by atoms with Crippen LogP contribution in [0.25, 0.3) is 0 Å². The molecule has 0 aromatic heterocycles. The summed E-state index contributed by atoms with van der Waals surface area (Å²) in [5, 5.41) is 9.35. The molecule has 2 rings (SSSR count). The van der Waals surface area contributed by atoms with E-state index in [0.717, 1.165) is 0 Å². The zero-order chi connectivity index (χ0) is 15.6. The summed E-state index contributed by atoms with van der Waals surface area (Å²) >= 11 is 7.57. The van der Waals surface area contributed by atoms with Gasteiger partial charge in [-0.25, -0.2) is 8.42 Å². The summed E-state index contributed by atoms with van der Waals surface area (Å²) in [6, 6.07) is 4.21. The van der Waals surface area contributed by atoms with Crippen LogP contribution in [-0.2, 0) is 14.8 Å². The van der Waals surface area contributed by atoms with Crippen LogP contribution in [0.15, 0.2) is 23.1 Å². The van der Waals surface area contributed by atoms with Gasteiger partial charge < -0.3 is 5.11 Å². The maximum Gasteiger partial charge on any atom is 0.305 e. The van der Waals surface area contributed by atoms with E-state index in [4.69, 9.17) is 16.7 Å². The lowest BCUT2D eigenvalue weighted by molar-refractivity contribution is -0.137. The largest absolute Gasteiger partial charge is 0.481 e. The summed E-state index contributed by atoms with van der Waals surface area (Å²) in [5.41, 5.74) is 0.492. The smallest absolute Gasteiger partial charge is 0.305 e. The number of halogens is 1. The van der Waals surface area contributed by atoms with Gasteiger partial charge in [0, 0.05) is 29.1 Å². The summed E-state index contributed by atoms with van der Waals surface area (Å²) in [6.07, 6.45) is -0.189. The molecular weight excluding hydrogens is 334 g/mol. The predicted molar refractivity (Wildman–Crippen MR) is 83.4 cm³/mol. The van der Waals surface area contributed by atoms with Gasteiger partial charge in [-0.05, 0) is 24.6 Å². The van der Waals surface area contributed by atoms with Crippen LogP contribution < -0.4 is 0 Å². The van der Waals surface area contributed by atoms with E-state index < -0.39 is 22.0 Å². The third-order valence-corrected chi connectivity index (χ3v) is 6.99. The monoisotopic (exact) mass is 349 g/mol. The number of hydrogen-bond donors (Lipinski definition) is 1. The van der Waals surface area contributed by atoms with Crippen LogP contribution in [0.2, 0.25) is 5.02 Å². The maximum atomic E-state index is 12.8. The number of benzene rings is 1. The van der Waals surface area contributed by atoms with Crippen molar-refractivity contribution in [2.75, 3.05) is 18.1 Å². The van der Waals surface area contributed by atoms with Gasteiger partial charge in [-0.15, -0.1) is 0 Å². The van der Waals surface area contributed by atoms with Gasteiger partial charge in [0.2, 0.25) is 10.0 Å². The molecule has 1 unspecified atom stereocenters. The molecule has 21 heavy (non-hydrogen) atoms. The first-order valence-corrected chi connectivity index (χ1v) is 9.38. The molecule has 1 fully saturated rings. The maximum absolute atomic E-state index is 12.8. The van der Waals surface area contributed by atoms with Gasteiger partial charge in [-0.1, -0.05) is 17.7 Å². The molecule has 1 aliphatic rings. The first-order chi connectivity index (χ1) is 9.84. The zero-order valence-electron chi connectivity index (χ0n) is 11.5. The molecular formula is C13H16ClNO4S2. The third-order valence-electron chi connectivity index (χ3n) is 3.39. The fraction of sp³-hybridized carbons (Fsp3) is 0.462. The molecule has 1 aromatic rings. The van der Waals surface area contributed by atoms with E-state index in [1.54, 1.807) is 30.8 Å². The number of aliphatic carboxylic acids is 1. The molecule has 0 bridgehead atoms. The van der Waals surface area contributed by atoms with Crippen LogP contribution in [0.3, 0.4) is 0 Å². The molecule has 0 aliphatic carbocycles. The van der Waals surface area contributed by atoms with Crippen LogP contribution in [0, 0.1) is 6.92 Å². The van der Waals surface area contributed by atoms with Crippen LogP contribution in [0.5, 0.6) is 0 Å². The molecule has 1 atom stereocenters. The first-order valence-electron chi connectivity index (χ1n) is 6.40. The Morgan fingerprint density at radius 2 is 2.24 bits per heavy atom. The second-order valence-electron chi connectivity index (χ2n) is 4.81. The lowest BCUT2D eigenvalue weighted by Gasteiger charge is -2.33. The van der Waals surface area contributed by atoms with Crippen molar-refractivity contribution in [2.24, 2.45) is 0 Å². The fourth-order valence-corrected chi connectivity index (χ4v) is 5.69. The molecule has 0 saturated carbocycles. The molecule has 116 valence electrons. The molecule has 1 heterocycles. The summed E-state index contributed by atoms with van der Waals surface area (Å²) < 4.78 is 26.9.